The van der Waals surface area contributed by atoms with Gasteiger partial charge in [0, 0.05) is 0 Å². The molecule has 1 aliphatic rings. The van der Waals surface area contributed by atoms with Crippen molar-refractivity contribution < 1.29 is 14.2 Å². The first-order valence-electron chi connectivity index (χ1n) is 7.84. The summed E-state index contributed by atoms with van der Waals surface area (Å²) in [4.78, 5) is 0. The van der Waals surface area contributed by atoms with Gasteiger partial charge in [0.15, 0.2) is 0 Å². The Labute approximate surface area is 127 Å². The predicted molar refractivity (Wildman–Crippen MR) is 83.5 cm³/mol. The Morgan fingerprint density at radius 2 is 1.81 bits per heavy atom. The fourth-order valence-corrected chi connectivity index (χ4v) is 2.79. The van der Waals surface area contributed by atoms with Crippen molar-refractivity contribution in [3.63, 3.8) is 0 Å². The van der Waals surface area contributed by atoms with Crippen LogP contribution in [0.1, 0.15) is 45.2 Å². The van der Waals surface area contributed by atoms with Gasteiger partial charge in [0.05, 0.1) is 37.6 Å². The first-order chi connectivity index (χ1) is 10.1. The number of hydrogen-bond acceptors (Lipinski definition) is 4. The summed E-state index contributed by atoms with van der Waals surface area (Å²) in [7, 11) is 0. The standard InChI is InChI=1S/C17H27NO3/c1-4-19-15-7-5-14(6-8-15)17(18)11-20-16-9-12(2)21-13(3)10-16/h5-8,12-13,16-17H,4,9-11,18H2,1-3H3. The first-order valence-corrected chi connectivity index (χ1v) is 7.84. The Balaban J connectivity index is 1.82. The number of nitrogens with two attached hydrogens (primary N) is 1. The Morgan fingerprint density at radius 1 is 1.19 bits per heavy atom. The van der Waals surface area contributed by atoms with E-state index in [1.165, 1.54) is 0 Å². The first kappa shape index (κ1) is 16.3. The maximum Gasteiger partial charge on any atom is 0.119 e. The van der Waals surface area contributed by atoms with Crippen molar-refractivity contribution in [3.05, 3.63) is 29.8 Å². The zero-order chi connectivity index (χ0) is 15.2. The minimum atomic E-state index is -0.103. The summed E-state index contributed by atoms with van der Waals surface area (Å²) < 4.78 is 17.1. The molecule has 1 heterocycles. The molecule has 4 nitrogen and oxygen atoms in total. The lowest BCUT2D eigenvalue weighted by Crippen LogP contribution is -2.35. The van der Waals surface area contributed by atoms with E-state index in [4.69, 9.17) is 19.9 Å². The zero-order valence-electron chi connectivity index (χ0n) is 13.2. The number of ether oxygens (including phenoxy) is 3. The van der Waals surface area contributed by atoms with Gasteiger partial charge in [-0.2, -0.15) is 0 Å². The maximum absolute atomic E-state index is 6.21. The molecule has 0 amide bonds. The molecule has 1 aromatic carbocycles. The molecule has 0 aromatic heterocycles. The number of benzene rings is 1. The van der Waals surface area contributed by atoms with Gasteiger partial charge in [0.1, 0.15) is 5.75 Å². The van der Waals surface area contributed by atoms with Crippen molar-refractivity contribution in [2.75, 3.05) is 13.2 Å². The highest BCUT2D eigenvalue weighted by atomic mass is 16.5. The highest BCUT2D eigenvalue weighted by molar-refractivity contribution is 5.29. The summed E-state index contributed by atoms with van der Waals surface area (Å²) in [6.45, 7) is 7.38. The lowest BCUT2D eigenvalue weighted by atomic mass is 10.0. The lowest BCUT2D eigenvalue weighted by Gasteiger charge is -2.32. The second kappa shape index (κ2) is 7.78. The van der Waals surface area contributed by atoms with Gasteiger partial charge in [-0.3, -0.25) is 0 Å². The van der Waals surface area contributed by atoms with Crippen molar-refractivity contribution >= 4 is 0 Å². The van der Waals surface area contributed by atoms with Gasteiger partial charge in [-0.15, -0.1) is 0 Å². The molecule has 0 saturated carbocycles. The Kier molecular flexibility index (Phi) is 6.03. The van der Waals surface area contributed by atoms with E-state index in [1.54, 1.807) is 0 Å². The van der Waals surface area contributed by atoms with E-state index in [1.807, 2.05) is 31.2 Å². The second-order valence-corrected chi connectivity index (χ2v) is 5.79. The summed E-state index contributed by atoms with van der Waals surface area (Å²) in [5.74, 6) is 0.876. The van der Waals surface area contributed by atoms with Crippen LogP contribution in [0.15, 0.2) is 24.3 Å². The average molecular weight is 293 g/mol. The molecule has 4 heteroatoms. The minimum Gasteiger partial charge on any atom is -0.494 e. The monoisotopic (exact) mass is 293 g/mol. The van der Waals surface area contributed by atoms with Crippen LogP contribution < -0.4 is 10.5 Å². The largest absolute Gasteiger partial charge is 0.494 e. The average Bonchev–Trinajstić information content (AvgIpc) is 2.45. The van der Waals surface area contributed by atoms with Crippen LogP contribution in [0.2, 0.25) is 0 Å². The molecule has 3 unspecified atom stereocenters. The van der Waals surface area contributed by atoms with Gasteiger partial charge in [0.25, 0.3) is 0 Å². The van der Waals surface area contributed by atoms with Crippen LogP contribution in [-0.4, -0.2) is 31.5 Å². The Hall–Kier alpha value is -1.10. The molecule has 1 aliphatic heterocycles. The molecule has 118 valence electrons. The molecule has 21 heavy (non-hydrogen) atoms. The molecular formula is C17H27NO3. The number of rotatable bonds is 6. The topological polar surface area (TPSA) is 53.7 Å². The van der Waals surface area contributed by atoms with Crippen molar-refractivity contribution in [1.29, 1.82) is 0 Å². The van der Waals surface area contributed by atoms with E-state index in [0.29, 0.717) is 13.2 Å². The van der Waals surface area contributed by atoms with E-state index in [0.717, 1.165) is 24.2 Å². The number of hydrogen-bond donors (Lipinski definition) is 1. The van der Waals surface area contributed by atoms with Crippen LogP contribution in [0.5, 0.6) is 5.75 Å². The smallest absolute Gasteiger partial charge is 0.119 e. The van der Waals surface area contributed by atoms with Crippen LogP contribution in [0.25, 0.3) is 0 Å². The minimum absolute atomic E-state index is 0.103. The summed E-state index contributed by atoms with van der Waals surface area (Å²) in [6.07, 6.45) is 2.67. The highest BCUT2D eigenvalue weighted by Gasteiger charge is 2.25. The molecule has 1 saturated heterocycles. The molecule has 1 fully saturated rings. The normalized spacial score (nSPS) is 27.3. The third-order valence-electron chi connectivity index (χ3n) is 3.78. The maximum atomic E-state index is 6.21. The van der Waals surface area contributed by atoms with Gasteiger partial charge < -0.3 is 19.9 Å². The van der Waals surface area contributed by atoms with Gasteiger partial charge in [-0.25, -0.2) is 0 Å². The van der Waals surface area contributed by atoms with Crippen LogP contribution in [0, 0.1) is 0 Å². The zero-order valence-corrected chi connectivity index (χ0v) is 13.2. The molecule has 0 aliphatic carbocycles. The molecule has 0 bridgehead atoms. The van der Waals surface area contributed by atoms with Crippen molar-refractivity contribution in [2.45, 2.75) is 58.0 Å². The van der Waals surface area contributed by atoms with Crippen molar-refractivity contribution in [2.24, 2.45) is 5.73 Å². The van der Waals surface area contributed by atoms with Crippen molar-refractivity contribution in [1.82, 2.24) is 0 Å². The highest BCUT2D eigenvalue weighted by Crippen LogP contribution is 2.23. The van der Waals surface area contributed by atoms with E-state index < -0.39 is 0 Å². The summed E-state index contributed by atoms with van der Waals surface area (Å²) in [5.41, 5.74) is 7.28. The summed E-state index contributed by atoms with van der Waals surface area (Å²) in [6, 6.07) is 7.83. The van der Waals surface area contributed by atoms with Gasteiger partial charge >= 0.3 is 0 Å². The fraction of sp³-hybridized carbons (Fsp3) is 0.647. The SMILES string of the molecule is CCOc1ccc(C(N)COC2CC(C)OC(C)C2)cc1. The Bertz CT molecular complexity index is 411. The quantitative estimate of drug-likeness (QED) is 0.876. The van der Waals surface area contributed by atoms with Crippen molar-refractivity contribution in [3.8, 4) is 5.75 Å². The third-order valence-corrected chi connectivity index (χ3v) is 3.78. The summed E-state index contributed by atoms with van der Waals surface area (Å²) >= 11 is 0. The lowest BCUT2D eigenvalue weighted by molar-refractivity contribution is -0.103. The van der Waals surface area contributed by atoms with E-state index in [-0.39, 0.29) is 24.4 Å². The molecule has 2 rings (SSSR count). The molecule has 0 radical (unpaired) electrons. The van der Waals surface area contributed by atoms with E-state index >= 15 is 0 Å². The van der Waals surface area contributed by atoms with E-state index in [9.17, 15) is 0 Å². The predicted octanol–water partition coefficient (Wildman–Crippen LogP) is 3.06. The van der Waals surface area contributed by atoms with Gasteiger partial charge in [0.2, 0.25) is 0 Å². The summed E-state index contributed by atoms with van der Waals surface area (Å²) in [5, 5.41) is 0. The molecular weight excluding hydrogens is 266 g/mol. The third kappa shape index (κ3) is 4.99. The molecule has 2 N–H and O–H groups in total. The fourth-order valence-electron chi connectivity index (χ4n) is 2.79. The Morgan fingerprint density at radius 3 is 2.38 bits per heavy atom. The van der Waals surface area contributed by atoms with Crippen LogP contribution in [0.3, 0.4) is 0 Å². The van der Waals surface area contributed by atoms with Crippen LogP contribution in [-0.2, 0) is 9.47 Å². The van der Waals surface area contributed by atoms with E-state index in [2.05, 4.69) is 13.8 Å². The van der Waals surface area contributed by atoms with Crippen LogP contribution >= 0.6 is 0 Å². The van der Waals surface area contributed by atoms with Gasteiger partial charge in [-0.1, -0.05) is 12.1 Å². The molecule has 1 aromatic rings. The van der Waals surface area contributed by atoms with Crippen LogP contribution in [0.4, 0.5) is 0 Å². The molecule has 3 atom stereocenters. The van der Waals surface area contributed by atoms with Gasteiger partial charge in [-0.05, 0) is 51.3 Å². The second-order valence-electron chi connectivity index (χ2n) is 5.79. The molecule has 0 spiro atoms.